The first-order valence-corrected chi connectivity index (χ1v) is 11.8. The Morgan fingerprint density at radius 1 is 0.935 bits per heavy atom. The van der Waals surface area contributed by atoms with Crippen LogP contribution in [0.3, 0.4) is 0 Å². The van der Waals surface area contributed by atoms with E-state index in [1.807, 2.05) is 18.2 Å². The molecule has 31 heavy (non-hydrogen) atoms. The molecule has 0 aliphatic carbocycles. The standard InChI is InChI=1S/C24H27ClN6/c25-18-5-4-6-20-22(18)23(29-28-20)24-26-19-8-7-17(15-21(19)27-24)31-13-9-16(10-14-31)30-11-2-1-3-12-30/h4-8,15-16H,1-3,9-14H2,(H,26,27)(H,28,29). The van der Waals surface area contributed by atoms with Gasteiger partial charge in [-0.05, 0) is 69.1 Å². The van der Waals surface area contributed by atoms with Crippen LogP contribution in [0, 0.1) is 0 Å². The van der Waals surface area contributed by atoms with Crippen LogP contribution in [0.1, 0.15) is 32.1 Å². The minimum atomic E-state index is 0.680. The number of hydrogen-bond acceptors (Lipinski definition) is 4. The average molecular weight is 435 g/mol. The number of aromatic nitrogens is 4. The topological polar surface area (TPSA) is 63.8 Å². The van der Waals surface area contributed by atoms with E-state index in [4.69, 9.17) is 16.6 Å². The zero-order valence-corrected chi connectivity index (χ0v) is 18.3. The molecule has 2 aliphatic heterocycles. The van der Waals surface area contributed by atoms with E-state index in [0.29, 0.717) is 5.02 Å². The summed E-state index contributed by atoms with van der Waals surface area (Å²) in [6, 6.07) is 13.1. The lowest BCUT2D eigenvalue weighted by Crippen LogP contribution is -2.46. The summed E-state index contributed by atoms with van der Waals surface area (Å²) in [6.45, 7) is 4.82. The first kappa shape index (κ1) is 19.1. The van der Waals surface area contributed by atoms with Crippen LogP contribution in [0.15, 0.2) is 36.4 Å². The van der Waals surface area contributed by atoms with Gasteiger partial charge < -0.3 is 14.8 Å². The van der Waals surface area contributed by atoms with Crippen molar-refractivity contribution in [2.45, 2.75) is 38.1 Å². The van der Waals surface area contributed by atoms with Crippen LogP contribution < -0.4 is 4.90 Å². The zero-order valence-electron chi connectivity index (χ0n) is 17.6. The number of imidazole rings is 1. The Morgan fingerprint density at radius 3 is 2.61 bits per heavy atom. The lowest BCUT2D eigenvalue weighted by atomic mass is 9.99. The van der Waals surface area contributed by atoms with Crippen LogP contribution in [-0.2, 0) is 0 Å². The van der Waals surface area contributed by atoms with Crippen molar-refractivity contribution < 1.29 is 0 Å². The number of anilines is 1. The molecule has 2 aromatic heterocycles. The van der Waals surface area contributed by atoms with E-state index >= 15 is 0 Å². The molecule has 0 radical (unpaired) electrons. The van der Waals surface area contributed by atoms with Gasteiger partial charge in [0.05, 0.1) is 21.6 Å². The predicted octanol–water partition coefficient (Wildman–Crippen LogP) is 5.21. The molecule has 7 heteroatoms. The summed E-state index contributed by atoms with van der Waals surface area (Å²) in [6.07, 6.45) is 6.65. The van der Waals surface area contributed by atoms with Crippen LogP contribution in [0.5, 0.6) is 0 Å². The number of aromatic amines is 2. The van der Waals surface area contributed by atoms with E-state index in [1.165, 1.54) is 50.9 Å². The van der Waals surface area contributed by atoms with Gasteiger partial charge in [0.25, 0.3) is 0 Å². The maximum atomic E-state index is 6.43. The molecule has 6 rings (SSSR count). The van der Waals surface area contributed by atoms with E-state index < -0.39 is 0 Å². The molecule has 2 aliphatic rings. The number of H-pyrrole nitrogens is 2. The number of likely N-dealkylation sites (tertiary alicyclic amines) is 1. The smallest absolute Gasteiger partial charge is 0.159 e. The highest BCUT2D eigenvalue weighted by Crippen LogP contribution is 2.32. The van der Waals surface area contributed by atoms with Gasteiger partial charge in [0.15, 0.2) is 5.82 Å². The fraction of sp³-hybridized carbons (Fsp3) is 0.417. The quantitative estimate of drug-likeness (QED) is 0.464. The molecule has 0 unspecified atom stereocenters. The summed E-state index contributed by atoms with van der Waals surface area (Å²) in [5.74, 6) is 0.746. The Morgan fingerprint density at radius 2 is 1.77 bits per heavy atom. The molecule has 4 heterocycles. The van der Waals surface area contributed by atoms with Crippen LogP contribution in [0.25, 0.3) is 33.5 Å². The Hall–Kier alpha value is -2.57. The maximum absolute atomic E-state index is 6.43. The van der Waals surface area contributed by atoms with Crippen LogP contribution in [0.2, 0.25) is 5.02 Å². The highest BCUT2D eigenvalue weighted by Gasteiger charge is 2.26. The van der Waals surface area contributed by atoms with Crippen molar-refractivity contribution in [2.24, 2.45) is 0 Å². The summed E-state index contributed by atoms with van der Waals surface area (Å²) < 4.78 is 0. The van der Waals surface area contributed by atoms with Gasteiger partial charge in [0.2, 0.25) is 0 Å². The molecule has 0 spiro atoms. The van der Waals surface area contributed by atoms with Gasteiger partial charge in [-0.15, -0.1) is 0 Å². The fourth-order valence-electron chi connectivity index (χ4n) is 5.28. The van der Waals surface area contributed by atoms with Gasteiger partial charge in [-0.2, -0.15) is 5.10 Å². The molecule has 0 amide bonds. The highest BCUT2D eigenvalue weighted by molar-refractivity contribution is 6.36. The third-order valence-corrected chi connectivity index (χ3v) is 7.28. The van der Waals surface area contributed by atoms with Crippen molar-refractivity contribution in [3.05, 3.63) is 41.4 Å². The third kappa shape index (κ3) is 3.48. The van der Waals surface area contributed by atoms with Crippen molar-refractivity contribution in [2.75, 3.05) is 31.1 Å². The summed E-state index contributed by atoms with van der Waals surface area (Å²) >= 11 is 6.43. The second-order valence-electron chi connectivity index (χ2n) is 8.84. The minimum absolute atomic E-state index is 0.680. The molecular weight excluding hydrogens is 408 g/mol. The first-order valence-electron chi connectivity index (χ1n) is 11.4. The van der Waals surface area contributed by atoms with Gasteiger partial charge in [0, 0.05) is 30.2 Å². The number of rotatable bonds is 3. The van der Waals surface area contributed by atoms with Crippen LogP contribution in [-0.4, -0.2) is 57.3 Å². The lowest BCUT2D eigenvalue weighted by Gasteiger charge is -2.41. The molecule has 0 bridgehead atoms. The summed E-state index contributed by atoms with van der Waals surface area (Å²) in [5, 5.41) is 9.11. The number of halogens is 1. The van der Waals surface area contributed by atoms with E-state index in [0.717, 1.165) is 52.6 Å². The van der Waals surface area contributed by atoms with E-state index in [1.54, 1.807) is 0 Å². The molecule has 160 valence electrons. The molecule has 6 nitrogen and oxygen atoms in total. The SMILES string of the molecule is Clc1cccc2[nH]nc(-c3nc4ccc(N5CCC(N6CCCCC6)CC5)cc4[nH]3)c12. The van der Waals surface area contributed by atoms with Crippen molar-refractivity contribution >= 4 is 39.2 Å². The Bertz CT molecular complexity index is 1210. The van der Waals surface area contributed by atoms with Crippen molar-refractivity contribution in [3.8, 4) is 11.5 Å². The zero-order chi connectivity index (χ0) is 20.8. The number of piperidine rings is 2. The van der Waals surface area contributed by atoms with Gasteiger partial charge in [0.1, 0.15) is 5.69 Å². The molecule has 2 fully saturated rings. The molecule has 2 saturated heterocycles. The monoisotopic (exact) mass is 434 g/mol. The minimum Gasteiger partial charge on any atom is -0.371 e. The largest absolute Gasteiger partial charge is 0.371 e. The Labute approximate surface area is 186 Å². The maximum Gasteiger partial charge on any atom is 0.159 e. The average Bonchev–Trinajstić information content (AvgIpc) is 3.44. The van der Waals surface area contributed by atoms with Gasteiger partial charge in [-0.1, -0.05) is 24.1 Å². The normalized spacial score (nSPS) is 18.9. The predicted molar refractivity (Wildman–Crippen MR) is 127 cm³/mol. The molecule has 2 N–H and O–H groups in total. The molecule has 0 atom stereocenters. The van der Waals surface area contributed by atoms with Crippen molar-refractivity contribution in [3.63, 3.8) is 0 Å². The van der Waals surface area contributed by atoms with E-state index in [9.17, 15) is 0 Å². The summed E-state index contributed by atoms with van der Waals surface area (Å²) in [7, 11) is 0. The second-order valence-corrected chi connectivity index (χ2v) is 9.24. The summed E-state index contributed by atoms with van der Waals surface area (Å²) in [5.41, 5.74) is 4.93. The van der Waals surface area contributed by atoms with Crippen LogP contribution in [0.4, 0.5) is 5.69 Å². The fourth-order valence-corrected chi connectivity index (χ4v) is 5.54. The van der Waals surface area contributed by atoms with E-state index in [-0.39, 0.29) is 0 Å². The van der Waals surface area contributed by atoms with Gasteiger partial charge in [-0.25, -0.2) is 4.98 Å². The lowest BCUT2D eigenvalue weighted by molar-refractivity contribution is 0.141. The Balaban J connectivity index is 1.24. The number of nitrogens with one attached hydrogen (secondary N) is 2. The second kappa shape index (κ2) is 7.84. The van der Waals surface area contributed by atoms with Gasteiger partial charge >= 0.3 is 0 Å². The Kier molecular flexibility index (Phi) is 4.84. The highest BCUT2D eigenvalue weighted by atomic mass is 35.5. The van der Waals surface area contributed by atoms with Crippen molar-refractivity contribution in [1.82, 2.24) is 25.1 Å². The summed E-state index contributed by atoms with van der Waals surface area (Å²) in [4.78, 5) is 13.5. The van der Waals surface area contributed by atoms with Crippen LogP contribution >= 0.6 is 11.6 Å². The molecule has 2 aromatic carbocycles. The molecule has 0 saturated carbocycles. The number of fused-ring (bicyclic) bond motifs is 2. The van der Waals surface area contributed by atoms with Gasteiger partial charge in [-0.3, -0.25) is 5.10 Å². The first-order chi connectivity index (χ1) is 15.3. The van der Waals surface area contributed by atoms with E-state index in [2.05, 4.69) is 43.2 Å². The molecule has 4 aromatic rings. The van der Waals surface area contributed by atoms with Crippen molar-refractivity contribution in [1.29, 1.82) is 0 Å². The number of nitrogens with zero attached hydrogens (tertiary/aromatic N) is 4. The number of hydrogen-bond donors (Lipinski definition) is 2. The third-order valence-electron chi connectivity index (χ3n) is 6.97. The molecular formula is C24H27ClN6. The number of benzene rings is 2.